The van der Waals surface area contributed by atoms with E-state index in [0.29, 0.717) is 6.07 Å². The third kappa shape index (κ3) is 3.04. The van der Waals surface area contributed by atoms with Crippen LogP contribution in [0.4, 0.5) is 24.5 Å². The van der Waals surface area contributed by atoms with Crippen molar-refractivity contribution in [3.05, 3.63) is 59.4 Å². The van der Waals surface area contributed by atoms with Crippen molar-refractivity contribution in [1.82, 2.24) is 0 Å². The molecule has 0 saturated carbocycles. The van der Waals surface area contributed by atoms with Crippen LogP contribution in [-0.4, -0.2) is 5.91 Å². The minimum Gasteiger partial charge on any atom is -0.396 e. The topological polar surface area (TPSA) is 55.1 Å². The Bertz CT molecular complexity index is 624. The predicted octanol–water partition coefficient (Wildman–Crippen LogP) is 2.94. The fraction of sp³-hybridized carbons (Fsp3) is 0. The third-order valence-corrected chi connectivity index (χ3v) is 2.38. The highest BCUT2D eigenvalue weighted by Gasteiger charge is 2.10. The SMILES string of the molecule is Nc1ccc(C(=O)Nc2cc(F)cc(F)c2)cc1F. The van der Waals surface area contributed by atoms with Crippen molar-refractivity contribution in [2.75, 3.05) is 11.1 Å². The van der Waals surface area contributed by atoms with Crippen LogP contribution in [0.25, 0.3) is 0 Å². The molecule has 0 aliphatic rings. The second-order valence-electron chi connectivity index (χ2n) is 3.85. The summed E-state index contributed by atoms with van der Waals surface area (Å²) in [6.45, 7) is 0. The van der Waals surface area contributed by atoms with Gasteiger partial charge in [-0.3, -0.25) is 4.79 Å². The zero-order valence-electron chi connectivity index (χ0n) is 9.58. The summed E-state index contributed by atoms with van der Waals surface area (Å²) in [6, 6.07) is 6.07. The Morgan fingerprint density at radius 3 is 2.21 bits per heavy atom. The van der Waals surface area contributed by atoms with E-state index in [2.05, 4.69) is 5.32 Å². The van der Waals surface area contributed by atoms with Crippen LogP contribution in [0.2, 0.25) is 0 Å². The Kier molecular flexibility index (Phi) is 3.41. The molecule has 19 heavy (non-hydrogen) atoms. The first-order valence-corrected chi connectivity index (χ1v) is 5.28. The van der Waals surface area contributed by atoms with Gasteiger partial charge in [0, 0.05) is 17.3 Å². The Morgan fingerprint density at radius 1 is 1.00 bits per heavy atom. The molecule has 0 spiro atoms. The van der Waals surface area contributed by atoms with E-state index in [1.807, 2.05) is 0 Å². The lowest BCUT2D eigenvalue weighted by atomic mass is 10.2. The average Bonchev–Trinajstić information content (AvgIpc) is 2.31. The van der Waals surface area contributed by atoms with Crippen LogP contribution in [0, 0.1) is 17.5 Å². The Hall–Kier alpha value is -2.50. The van der Waals surface area contributed by atoms with Crippen molar-refractivity contribution in [2.24, 2.45) is 0 Å². The summed E-state index contributed by atoms with van der Waals surface area (Å²) in [5, 5.41) is 2.26. The third-order valence-electron chi connectivity index (χ3n) is 2.38. The molecule has 0 fully saturated rings. The number of halogens is 3. The van der Waals surface area contributed by atoms with Gasteiger partial charge in [0.1, 0.15) is 17.5 Å². The highest BCUT2D eigenvalue weighted by atomic mass is 19.1. The number of anilines is 2. The molecule has 2 rings (SSSR count). The van der Waals surface area contributed by atoms with Crippen LogP contribution in [-0.2, 0) is 0 Å². The lowest BCUT2D eigenvalue weighted by Gasteiger charge is -2.06. The number of rotatable bonds is 2. The molecule has 0 radical (unpaired) electrons. The molecule has 0 bridgehead atoms. The van der Waals surface area contributed by atoms with Crippen molar-refractivity contribution in [3.8, 4) is 0 Å². The molecule has 2 aromatic rings. The summed E-state index contributed by atoms with van der Waals surface area (Å²) < 4.78 is 39.0. The van der Waals surface area contributed by atoms with E-state index in [1.54, 1.807) is 0 Å². The first kappa shape index (κ1) is 12.9. The number of hydrogen-bond donors (Lipinski definition) is 2. The molecule has 0 saturated heterocycles. The van der Waals surface area contributed by atoms with Gasteiger partial charge < -0.3 is 11.1 Å². The van der Waals surface area contributed by atoms with Crippen molar-refractivity contribution < 1.29 is 18.0 Å². The van der Waals surface area contributed by atoms with Gasteiger partial charge in [-0.05, 0) is 30.3 Å². The highest BCUT2D eigenvalue weighted by Crippen LogP contribution is 2.16. The molecular formula is C13H9F3N2O. The quantitative estimate of drug-likeness (QED) is 0.821. The van der Waals surface area contributed by atoms with Crippen LogP contribution in [0.15, 0.2) is 36.4 Å². The molecular weight excluding hydrogens is 257 g/mol. The van der Waals surface area contributed by atoms with Gasteiger partial charge in [0.15, 0.2) is 0 Å². The molecule has 0 aromatic heterocycles. The first-order chi connectivity index (χ1) is 8.95. The molecule has 3 nitrogen and oxygen atoms in total. The summed E-state index contributed by atoms with van der Waals surface area (Å²) in [5.74, 6) is -3.07. The summed E-state index contributed by atoms with van der Waals surface area (Å²) in [7, 11) is 0. The summed E-state index contributed by atoms with van der Waals surface area (Å²) in [6.07, 6.45) is 0. The Morgan fingerprint density at radius 2 is 1.63 bits per heavy atom. The number of benzene rings is 2. The number of amides is 1. The molecule has 98 valence electrons. The largest absolute Gasteiger partial charge is 0.396 e. The summed E-state index contributed by atoms with van der Waals surface area (Å²) in [5.41, 5.74) is 5.13. The molecule has 0 heterocycles. The molecule has 0 aliphatic carbocycles. The van der Waals surface area contributed by atoms with E-state index in [4.69, 9.17) is 5.73 Å². The monoisotopic (exact) mass is 266 g/mol. The van der Waals surface area contributed by atoms with Gasteiger partial charge in [0.2, 0.25) is 0 Å². The molecule has 0 aliphatic heterocycles. The second kappa shape index (κ2) is 5.01. The summed E-state index contributed by atoms with van der Waals surface area (Å²) in [4.78, 5) is 11.7. The number of hydrogen-bond acceptors (Lipinski definition) is 2. The maximum Gasteiger partial charge on any atom is 0.255 e. The number of carbonyl (C=O) groups is 1. The Labute approximate surface area is 106 Å². The normalized spacial score (nSPS) is 10.3. The molecule has 6 heteroatoms. The fourth-order valence-electron chi connectivity index (χ4n) is 1.50. The molecule has 1 amide bonds. The van der Waals surface area contributed by atoms with Crippen LogP contribution in [0.5, 0.6) is 0 Å². The number of nitrogen functional groups attached to an aromatic ring is 1. The standard InChI is InChI=1S/C13H9F3N2O/c14-8-4-9(15)6-10(5-8)18-13(19)7-1-2-12(17)11(16)3-7/h1-6H,17H2,(H,18,19). The molecule has 0 unspecified atom stereocenters. The predicted molar refractivity (Wildman–Crippen MR) is 65.1 cm³/mol. The van der Waals surface area contributed by atoms with Gasteiger partial charge in [-0.25, -0.2) is 13.2 Å². The van der Waals surface area contributed by atoms with Crippen molar-refractivity contribution in [1.29, 1.82) is 0 Å². The van der Waals surface area contributed by atoms with Gasteiger partial charge in [0.05, 0.1) is 5.69 Å². The van der Waals surface area contributed by atoms with Gasteiger partial charge in [-0.15, -0.1) is 0 Å². The number of carbonyl (C=O) groups excluding carboxylic acids is 1. The first-order valence-electron chi connectivity index (χ1n) is 5.28. The van der Waals surface area contributed by atoms with Crippen molar-refractivity contribution in [2.45, 2.75) is 0 Å². The van der Waals surface area contributed by atoms with E-state index in [0.717, 1.165) is 18.2 Å². The van der Waals surface area contributed by atoms with Gasteiger partial charge in [0.25, 0.3) is 5.91 Å². The van der Waals surface area contributed by atoms with Crippen LogP contribution in [0.1, 0.15) is 10.4 Å². The number of nitrogens with two attached hydrogens (primary N) is 1. The molecule has 2 aromatic carbocycles. The zero-order chi connectivity index (χ0) is 14.0. The lowest BCUT2D eigenvalue weighted by molar-refractivity contribution is 0.102. The fourth-order valence-corrected chi connectivity index (χ4v) is 1.50. The van der Waals surface area contributed by atoms with Crippen molar-refractivity contribution >= 4 is 17.3 Å². The van der Waals surface area contributed by atoms with E-state index < -0.39 is 23.4 Å². The van der Waals surface area contributed by atoms with Gasteiger partial charge in [-0.2, -0.15) is 0 Å². The molecule has 3 N–H and O–H groups in total. The minimum absolute atomic E-state index is 0.00336. The van der Waals surface area contributed by atoms with Crippen LogP contribution in [0.3, 0.4) is 0 Å². The number of nitrogens with one attached hydrogen (secondary N) is 1. The Balaban J connectivity index is 2.22. The maximum absolute atomic E-state index is 13.2. The molecule has 0 atom stereocenters. The van der Waals surface area contributed by atoms with Crippen molar-refractivity contribution in [3.63, 3.8) is 0 Å². The summed E-state index contributed by atoms with van der Waals surface area (Å²) >= 11 is 0. The average molecular weight is 266 g/mol. The highest BCUT2D eigenvalue weighted by molar-refractivity contribution is 6.04. The smallest absolute Gasteiger partial charge is 0.255 e. The minimum atomic E-state index is -0.821. The van der Waals surface area contributed by atoms with E-state index >= 15 is 0 Å². The van der Waals surface area contributed by atoms with Crippen LogP contribution < -0.4 is 11.1 Å². The second-order valence-corrected chi connectivity index (χ2v) is 3.85. The zero-order valence-corrected chi connectivity index (χ0v) is 9.58. The van der Waals surface area contributed by atoms with Gasteiger partial charge >= 0.3 is 0 Å². The maximum atomic E-state index is 13.2. The van der Waals surface area contributed by atoms with Gasteiger partial charge in [-0.1, -0.05) is 0 Å². The van der Waals surface area contributed by atoms with E-state index in [1.165, 1.54) is 12.1 Å². The van der Waals surface area contributed by atoms with Crippen LogP contribution >= 0.6 is 0 Å². The lowest BCUT2D eigenvalue weighted by Crippen LogP contribution is -2.12. The van der Waals surface area contributed by atoms with E-state index in [-0.39, 0.29) is 16.9 Å². The van der Waals surface area contributed by atoms with E-state index in [9.17, 15) is 18.0 Å².